The van der Waals surface area contributed by atoms with Crippen molar-refractivity contribution in [3.05, 3.63) is 69.4 Å². The third kappa shape index (κ3) is 3.48. The van der Waals surface area contributed by atoms with Gasteiger partial charge in [-0.3, -0.25) is 0 Å². The van der Waals surface area contributed by atoms with Crippen LogP contribution < -0.4 is 5.32 Å². The second-order valence-electron chi connectivity index (χ2n) is 5.78. The monoisotopic (exact) mass is 377 g/mol. The number of aromatic nitrogens is 2. The zero-order valence-electron chi connectivity index (χ0n) is 13.8. The fraction of sp³-hybridized carbons (Fsp3) is 0.278. The van der Waals surface area contributed by atoms with Gasteiger partial charge in [0.15, 0.2) is 0 Å². The van der Waals surface area contributed by atoms with Gasteiger partial charge < -0.3 is 10.1 Å². The number of ether oxygens (including phenoxy) is 1. The maximum Gasteiger partial charge on any atom is 0.336 e. The van der Waals surface area contributed by atoms with Crippen molar-refractivity contribution >= 4 is 29.2 Å². The van der Waals surface area contributed by atoms with Crippen molar-refractivity contribution in [2.75, 3.05) is 7.11 Å². The van der Waals surface area contributed by atoms with E-state index in [0.717, 1.165) is 16.8 Å². The molecule has 130 valence electrons. The van der Waals surface area contributed by atoms with E-state index in [0.29, 0.717) is 22.3 Å². The molecule has 0 aromatic carbocycles. The van der Waals surface area contributed by atoms with Crippen LogP contribution in [-0.2, 0) is 9.53 Å². The Labute approximate surface area is 156 Å². The second kappa shape index (κ2) is 7.42. The molecule has 3 rings (SSSR count). The van der Waals surface area contributed by atoms with E-state index < -0.39 is 0 Å². The number of carbonyl (C=O) groups excluding carboxylic acids is 1. The summed E-state index contributed by atoms with van der Waals surface area (Å²) in [6, 6.07) is 7.34. The lowest BCUT2D eigenvalue weighted by molar-refractivity contribution is -0.136. The fourth-order valence-corrected chi connectivity index (χ4v) is 3.72. The summed E-state index contributed by atoms with van der Waals surface area (Å²) in [5.74, 6) is -0.637. The van der Waals surface area contributed by atoms with Crippen LogP contribution in [0.4, 0.5) is 0 Å². The van der Waals surface area contributed by atoms with Crippen molar-refractivity contribution in [1.29, 1.82) is 0 Å². The van der Waals surface area contributed by atoms with Crippen molar-refractivity contribution in [2.45, 2.75) is 25.3 Å². The number of esters is 1. The zero-order chi connectivity index (χ0) is 18.0. The van der Waals surface area contributed by atoms with Gasteiger partial charge >= 0.3 is 5.97 Å². The highest BCUT2D eigenvalue weighted by atomic mass is 35.5. The smallest absolute Gasteiger partial charge is 0.336 e. The number of hydrogen-bond acceptors (Lipinski definition) is 5. The van der Waals surface area contributed by atoms with Crippen molar-refractivity contribution in [1.82, 2.24) is 15.3 Å². The molecule has 0 amide bonds. The minimum Gasteiger partial charge on any atom is -0.466 e. The van der Waals surface area contributed by atoms with Gasteiger partial charge in [0.2, 0.25) is 0 Å². The minimum atomic E-state index is -0.384. The average Bonchev–Trinajstić information content (AvgIpc) is 2.61. The molecular weight excluding hydrogens is 361 g/mol. The van der Waals surface area contributed by atoms with Crippen LogP contribution in [-0.4, -0.2) is 23.0 Å². The molecule has 1 N–H and O–H groups in total. The summed E-state index contributed by atoms with van der Waals surface area (Å²) in [7, 11) is 1.37. The number of nitrogens with one attached hydrogen (secondary N) is 1. The summed E-state index contributed by atoms with van der Waals surface area (Å²) in [5, 5.41) is 4.16. The third-order valence-electron chi connectivity index (χ3n) is 4.35. The van der Waals surface area contributed by atoms with Crippen LogP contribution >= 0.6 is 23.2 Å². The van der Waals surface area contributed by atoms with E-state index in [4.69, 9.17) is 27.9 Å². The number of allylic oxidation sites excluding steroid dienone is 1. The Morgan fingerprint density at radius 2 is 1.76 bits per heavy atom. The Hall–Kier alpha value is -2.11. The van der Waals surface area contributed by atoms with Gasteiger partial charge in [-0.1, -0.05) is 35.3 Å². The molecule has 2 aromatic rings. The normalized spacial score (nSPS) is 20.2. The van der Waals surface area contributed by atoms with E-state index in [-0.39, 0.29) is 17.9 Å². The number of pyridine rings is 2. The predicted molar refractivity (Wildman–Crippen MR) is 96.4 cm³/mol. The second-order valence-corrected chi connectivity index (χ2v) is 6.50. The molecule has 7 heteroatoms. The summed E-state index contributed by atoms with van der Waals surface area (Å²) in [4.78, 5) is 20.7. The SMILES string of the molecule is COC(=O)C1=C(C)N[C@@H](c2cccnc2Cl)C[C@H]1c1cccnc1Cl. The minimum absolute atomic E-state index is 0.101. The maximum absolute atomic E-state index is 12.4. The molecule has 5 nitrogen and oxygen atoms in total. The van der Waals surface area contributed by atoms with Crippen LogP contribution in [0.15, 0.2) is 47.9 Å². The number of rotatable bonds is 3. The van der Waals surface area contributed by atoms with Crippen LogP contribution in [0.5, 0.6) is 0 Å². The van der Waals surface area contributed by atoms with Crippen molar-refractivity contribution in [3.8, 4) is 0 Å². The van der Waals surface area contributed by atoms with Gasteiger partial charge in [0.1, 0.15) is 10.3 Å². The lowest BCUT2D eigenvalue weighted by atomic mass is 9.81. The van der Waals surface area contributed by atoms with Crippen LogP contribution in [0.25, 0.3) is 0 Å². The molecule has 0 saturated carbocycles. The van der Waals surface area contributed by atoms with Crippen molar-refractivity contribution < 1.29 is 9.53 Å². The third-order valence-corrected chi connectivity index (χ3v) is 4.98. The molecule has 0 aliphatic carbocycles. The summed E-state index contributed by atoms with van der Waals surface area (Å²) in [5.41, 5.74) is 2.94. The van der Waals surface area contributed by atoms with E-state index in [9.17, 15) is 4.79 Å². The highest BCUT2D eigenvalue weighted by Gasteiger charge is 2.35. The predicted octanol–water partition coefficient (Wildman–Crippen LogP) is 4.05. The molecule has 2 aromatic heterocycles. The van der Waals surface area contributed by atoms with E-state index in [1.165, 1.54) is 7.11 Å². The fourth-order valence-electron chi connectivity index (χ4n) is 3.22. The number of halogens is 2. The van der Waals surface area contributed by atoms with Gasteiger partial charge in [-0.25, -0.2) is 14.8 Å². The largest absolute Gasteiger partial charge is 0.466 e. The summed E-state index contributed by atoms with van der Waals surface area (Å²) in [6.07, 6.45) is 3.85. The number of hydrogen-bond donors (Lipinski definition) is 1. The first-order valence-electron chi connectivity index (χ1n) is 7.79. The molecule has 1 aliphatic rings. The van der Waals surface area contributed by atoms with Crippen molar-refractivity contribution in [2.24, 2.45) is 0 Å². The van der Waals surface area contributed by atoms with Gasteiger partial charge in [0.05, 0.1) is 18.7 Å². The molecule has 0 fully saturated rings. The first kappa shape index (κ1) is 17.7. The van der Waals surface area contributed by atoms with Gasteiger partial charge in [0.25, 0.3) is 0 Å². The summed E-state index contributed by atoms with van der Waals surface area (Å²) in [6.45, 7) is 1.85. The van der Waals surface area contributed by atoms with E-state index in [2.05, 4.69) is 15.3 Å². The van der Waals surface area contributed by atoms with Crippen LogP contribution in [0.3, 0.4) is 0 Å². The Morgan fingerprint density at radius 1 is 1.16 bits per heavy atom. The average molecular weight is 378 g/mol. The molecule has 0 radical (unpaired) electrons. The van der Waals surface area contributed by atoms with E-state index in [1.54, 1.807) is 18.5 Å². The van der Waals surface area contributed by atoms with Gasteiger partial charge in [-0.2, -0.15) is 0 Å². The lowest BCUT2D eigenvalue weighted by Gasteiger charge is -2.34. The molecule has 1 aliphatic heterocycles. The first-order chi connectivity index (χ1) is 12.0. The highest BCUT2D eigenvalue weighted by Crippen LogP contribution is 2.42. The van der Waals surface area contributed by atoms with Gasteiger partial charge in [-0.05, 0) is 31.0 Å². The molecule has 0 bridgehead atoms. The molecule has 0 unspecified atom stereocenters. The van der Waals surface area contributed by atoms with Gasteiger partial charge in [-0.15, -0.1) is 0 Å². The molecule has 2 atom stereocenters. The molecule has 3 heterocycles. The molecule has 0 saturated heterocycles. The molecule has 25 heavy (non-hydrogen) atoms. The zero-order valence-corrected chi connectivity index (χ0v) is 15.3. The van der Waals surface area contributed by atoms with E-state index in [1.807, 2.05) is 25.1 Å². The quantitative estimate of drug-likeness (QED) is 0.645. The standard InChI is InChI=1S/C18H17Cl2N3O2/c1-10-15(18(24)25-2)13(11-5-3-7-21-16(11)19)9-14(23-10)12-6-4-8-22-17(12)20/h3-8,13-14,23H,9H2,1-2H3/t13-,14+/m0/s1. The van der Waals surface area contributed by atoms with E-state index >= 15 is 0 Å². The van der Waals surface area contributed by atoms with Crippen molar-refractivity contribution in [3.63, 3.8) is 0 Å². The Balaban J connectivity index is 2.09. The summed E-state index contributed by atoms with van der Waals surface area (Å²) >= 11 is 12.6. The Morgan fingerprint density at radius 3 is 2.32 bits per heavy atom. The van der Waals surface area contributed by atoms with Crippen LogP contribution in [0.2, 0.25) is 10.3 Å². The Kier molecular flexibility index (Phi) is 5.25. The number of carbonyl (C=O) groups is 1. The lowest BCUT2D eigenvalue weighted by Crippen LogP contribution is -2.33. The topological polar surface area (TPSA) is 64.1 Å². The molecular formula is C18H17Cl2N3O2. The number of methoxy groups -OCH3 is 1. The highest BCUT2D eigenvalue weighted by molar-refractivity contribution is 6.30. The van der Waals surface area contributed by atoms with Crippen LogP contribution in [0.1, 0.15) is 36.4 Å². The summed E-state index contributed by atoms with van der Waals surface area (Å²) < 4.78 is 4.98. The Bertz CT molecular complexity index is 839. The first-order valence-corrected chi connectivity index (χ1v) is 8.55. The van der Waals surface area contributed by atoms with Crippen LogP contribution in [0, 0.1) is 0 Å². The van der Waals surface area contributed by atoms with Gasteiger partial charge in [0, 0.05) is 29.6 Å². The molecule has 0 spiro atoms. The maximum atomic E-state index is 12.4. The number of nitrogens with zero attached hydrogens (tertiary/aromatic N) is 2.